The number of rotatable bonds is 8. The third-order valence-corrected chi connectivity index (χ3v) is 3.34. The van der Waals surface area contributed by atoms with Gasteiger partial charge in [0.2, 0.25) is 0 Å². The first-order chi connectivity index (χ1) is 12.1. The number of nitrogens with zero attached hydrogens (tertiary/aromatic N) is 1. The highest BCUT2D eigenvalue weighted by Crippen LogP contribution is 2.27. The van der Waals surface area contributed by atoms with Crippen LogP contribution in [0.4, 0.5) is 0 Å². The maximum atomic E-state index is 11.5. The fraction of sp³-hybridized carbons (Fsp3) is 0.333. The van der Waals surface area contributed by atoms with Gasteiger partial charge in [0.15, 0.2) is 18.1 Å². The monoisotopic (exact) mass is 347 g/mol. The van der Waals surface area contributed by atoms with Gasteiger partial charge in [0, 0.05) is 5.56 Å². The molecule has 0 fully saturated rings. The number of carbonyl (C=O) groups is 1. The molecule has 1 heterocycles. The number of furan rings is 1. The van der Waals surface area contributed by atoms with Crippen LogP contribution >= 0.6 is 0 Å². The van der Waals surface area contributed by atoms with Crippen LogP contribution in [0.1, 0.15) is 34.4 Å². The first kappa shape index (κ1) is 18.4. The topological polar surface area (TPSA) is 79.5 Å². The number of esters is 1. The average Bonchev–Trinajstić information content (AvgIpc) is 3.00. The number of carbonyl (C=O) groups excluding carboxylic acids is 1. The standard InChI is InChI=1S/C18H21NO6/c1-5-23-16-7-6-13(8-17(16)21-3)10-19-24-11-14-9-15(12(2)25-14)18(20)22-4/h6-10H,5,11H2,1-4H3/b19-10-. The predicted molar refractivity (Wildman–Crippen MR) is 91.3 cm³/mol. The largest absolute Gasteiger partial charge is 0.493 e. The number of aryl methyl sites for hydroxylation is 1. The number of benzene rings is 1. The van der Waals surface area contributed by atoms with E-state index in [1.54, 1.807) is 32.4 Å². The zero-order valence-corrected chi connectivity index (χ0v) is 14.7. The fourth-order valence-corrected chi connectivity index (χ4v) is 2.17. The minimum atomic E-state index is -0.447. The Morgan fingerprint density at radius 3 is 2.72 bits per heavy atom. The van der Waals surface area contributed by atoms with Crippen molar-refractivity contribution in [2.24, 2.45) is 5.16 Å². The molecule has 0 unspecified atom stereocenters. The molecule has 0 atom stereocenters. The summed E-state index contributed by atoms with van der Waals surface area (Å²) in [6, 6.07) is 7.02. The lowest BCUT2D eigenvalue weighted by molar-refractivity contribution is 0.0599. The van der Waals surface area contributed by atoms with E-state index >= 15 is 0 Å². The Kier molecular flexibility index (Phi) is 6.45. The third kappa shape index (κ3) is 4.76. The SMILES string of the molecule is CCOc1ccc(/C=N\OCc2cc(C(=O)OC)c(C)o2)cc1OC. The van der Waals surface area contributed by atoms with E-state index in [0.29, 0.717) is 35.2 Å². The van der Waals surface area contributed by atoms with E-state index in [4.69, 9.17) is 18.7 Å². The fourth-order valence-electron chi connectivity index (χ4n) is 2.17. The van der Waals surface area contributed by atoms with E-state index in [9.17, 15) is 4.79 Å². The summed E-state index contributed by atoms with van der Waals surface area (Å²) in [6.45, 7) is 4.25. The quantitative estimate of drug-likeness (QED) is 0.414. The Hall–Kier alpha value is -2.96. The summed E-state index contributed by atoms with van der Waals surface area (Å²) >= 11 is 0. The van der Waals surface area contributed by atoms with Crippen LogP contribution in [0, 0.1) is 6.92 Å². The van der Waals surface area contributed by atoms with Crippen LogP contribution < -0.4 is 9.47 Å². The van der Waals surface area contributed by atoms with Crippen molar-refractivity contribution in [3.8, 4) is 11.5 Å². The maximum absolute atomic E-state index is 11.5. The van der Waals surface area contributed by atoms with Crippen LogP contribution in [-0.2, 0) is 16.2 Å². The van der Waals surface area contributed by atoms with Gasteiger partial charge >= 0.3 is 5.97 Å². The molecule has 0 radical (unpaired) electrons. The summed E-state index contributed by atoms with van der Waals surface area (Å²) < 4.78 is 20.8. The summed E-state index contributed by atoms with van der Waals surface area (Å²) in [5.74, 6) is 1.81. The summed E-state index contributed by atoms with van der Waals surface area (Å²) in [6.07, 6.45) is 1.55. The van der Waals surface area contributed by atoms with Crippen LogP contribution in [-0.4, -0.2) is 33.0 Å². The number of oxime groups is 1. The van der Waals surface area contributed by atoms with E-state index in [0.717, 1.165) is 5.56 Å². The minimum Gasteiger partial charge on any atom is -0.493 e. The van der Waals surface area contributed by atoms with Gasteiger partial charge in [-0.05, 0) is 38.1 Å². The molecule has 7 heteroatoms. The van der Waals surface area contributed by atoms with Crippen molar-refractivity contribution in [1.29, 1.82) is 0 Å². The molecule has 2 rings (SSSR count). The molecule has 0 saturated heterocycles. The van der Waals surface area contributed by atoms with Crippen LogP contribution in [0.15, 0.2) is 33.8 Å². The van der Waals surface area contributed by atoms with Crippen molar-refractivity contribution in [2.45, 2.75) is 20.5 Å². The highest BCUT2D eigenvalue weighted by atomic mass is 16.6. The summed E-state index contributed by atoms with van der Waals surface area (Å²) in [5, 5.41) is 3.89. The van der Waals surface area contributed by atoms with E-state index in [1.807, 2.05) is 19.1 Å². The van der Waals surface area contributed by atoms with Gasteiger partial charge in [-0.1, -0.05) is 5.16 Å². The Labute approximate surface area is 146 Å². The molecule has 0 saturated carbocycles. The van der Waals surface area contributed by atoms with Crippen LogP contribution in [0.25, 0.3) is 0 Å². The zero-order valence-electron chi connectivity index (χ0n) is 14.7. The number of methoxy groups -OCH3 is 2. The van der Waals surface area contributed by atoms with E-state index < -0.39 is 5.97 Å². The molecule has 0 N–H and O–H groups in total. The van der Waals surface area contributed by atoms with Crippen molar-refractivity contribution in [1.82, 2.24) is 0 Å². The molecule has 1 aromatic carbocycles. The lowest BCUT2D eigenvalue weighted by atomic mass is 10.2. The maximum Gasteiger partial charge on any atom is 0.341 e. The molecule has 25 heavy (non-hydrogen) atoms. The van der Waals surface area contributed by atoms with Gasteiger partial charge in [0.1, 0.15) is 17.1 Å². The molecule has 0 aliphatic heterocycles. The summed E-state index contributed by atoms with van der Waals surface area (Å²) in [5.41, 5.74) is 1.17. The van der Waals surface area contributed by atoms with Gasteiger partial charge in [-0.15, -0.1) is 0 Å². The van der Waals surface area contributed by atoms with Crippen molar-refractivity contribution >= 4 is 12.2 Å². The highest BCUT2D eigenvalue weighted by molar-refractivity contribution is 5.90. The molecule has 1 aromatic heterocycles. The van der Waals surface area contributed by atoms with E-state index in [2.05, 4.69) is 9.89 Å². The van der Waals surface area contributed by atoms with Crippen LogP contribution in [0.2, 0.25) is 0 Å². The lowest BCUT2D eigenvalue weighted by Gasteiger charge is -2.09. The molecule has 0 spiro atoms. The van der Waals surface area contributed by atoms with Gasteiger partial charge in [0.25, 0.3) is 0 Å². The molecule has 7 nitrogen and oxygen atoms in total. The Bertz CT molecular complexity index is 750. The highest BCUT2D eigenvalue weighted by Gasteiger charge is 2.15. The summed E-state index contributed by atoms with van der Waals surface area (Å²) in [4.78, 5) is 16.7. The minimum absolute atomic E-state index is 0.0997. The Balaban J connectivity index is 1.96. The van der Waals surface area contributed by atoms with Gasteiger partial charge in [-0.25, -0.2) is 4.79 Å². The Morgan fingerprint density at radius 2 is 2.04 bits per heavy atom. The van der Waals surface area contributed by atoms with Gasteiger partial charge in [-0.2, -0.15) is 0 Å². The van der Waals surface area contributed by atoms with Gasteiger partial charge in [-0.3, -0.25) is 0 Å². The third-order valence-electron chi connectivity index (χ3n) is 3.34. The zero-order chi connectivity index (χ0) is 18.2. The van der Waals surface area contributed by atoms with Gasteiger partial charge < -0.3 is 23.5 Å². The van der Waals surface area contributed by atoms with Crippen molar-refractivity contribution < 1.29 is 28.3 Å². The van der Waals surface area contributed by atoms with Crippen molar-refractivity contribution in [3.05, 3.63) is 46.9 Å². The number of hydrogen-bond acceptors (Lipinski definition) is 7. The average molecular weight is 347 g/mol. The molecule has 0 amide bonds. The van der Waals surface area contributed by atoms with Crippen LogP contribution in [0.3, 0.4) is 0 Å². The van der Waals surface area contributed by atoms with Crippen molar-refractivity contribution in [2.75, 3.05) is 20.8 Å². The lowest BCUT2D eigenvalue weighted by Crippen LogP contribution is -2.00. The molecular formula is C18H21NO6. The Morgan fingerprint density at radius 1 is 1.24 bits per heavy atom. The second kappa shape index (κ2) is 8.77. The number of ether oxygens (including phenoxy) is 3. The number of hydrogen-bond donors (Lipinski definition) is 0. The van der Waals surface area contributed by atoms with Crippen molar-refractivity contribution in [3.63, 3.8) is 0 Å². The smallest absolute Gasteiger partial charge is 0.341 e. The second-order valence-electron chi connectivity index (χ2n) is 5.03. The molecule has 2 aromatic rings. The van der Waals surface area contributed by atoms with Gasteiger partial charge in [0.05, 0.1) is 27.0 Å². The molecule has 0 bridgehead atoms. The molecule has 0 aliphatic rings. The van der Waals surface area contributed by atoms with E-state index in [-0.39, 0.29) is 6.61 Å². The first-order valence-corrected chi connectivity index (χ1v) is 7.72. The summed E-state index contributed by atoms with van der Waals surface area (Å²) in [7, 11) is 2.90. The van der Waals surface area contributed by atoms with E-state index in [1.165, 1.54) is 7.11 Å². The predicted octanol–water partition coefficient (Wildman–Crippen LogP) is 3.33. The second-order valence-corrected chi connectivity index (χ2v) is 5.03. The van der Waals surface area contributed by atoms with Crippen LogP contribution in [0.5, 0.6) is 11.5 Å². The molecular weight excluding hydrogens is 326 g/mol. The molecule has 0 aliphatic carbocycles. The normalized spacial score (nSPS) is 10.7. The molecule has 134 valence electrons. The first-order valence-electron chi connectivity index (χ1n) is 7.72.